The molecule has 4 nitrogen and oxygen atoms in total. The maximum atomic E-state index is 12.5. The van der Waals surface area contributed by atoms with Gasteiger partial charge in [-0.25, -0.2) is 4.98 Å². The summed E-state index contributed by atoms with van der Waals surface area (Å²) in [4.78, 5) is 17.8. The van der Waals surface area contributed by atoms with Crippen molar-refractivity contribution in [1.29, 1.82) is 0 Å². The van der Waals surface area contributed by atoms with Gasteiger partial charge in [-0.2, -0.15) is 0 Å². The summed E-state index contributed by atoms with van der Waals surface area (Å²) in [7, 11) is 0. The number of hydrogen-bond donors (Lipinski definition) is 1. The molecule has 0 aliphatic rings. The zero-order valence-electron chi connectivity index (χ0n) is 11.1. The minimum absolute atomic E-state index is 0.0329. The first-order valence-electron chi connectivity index (χ1n) is 6.36. The van der Waals surface area contributed by atoms with Crippen molar-refractivity contribution in [3.8, 4) is 0 Å². The largest absolute Gasteiger partial charge is 0.315 e. The van der Waals surface area contributed by atoms with Gasteiger partial charge >= 0.3 is 0 Å². The highest BCUT2D eigenvalue weighted by Gasteiger charge is 2.30. The van der Waals surface area contributed by atoms with Crippen LogP contribution >= 0.6 is 11.3 Å². The Morgan fingerprint density at radius 1 is 1.40 bits per heavy atom. The minimum Gasteiger partial charge on any atom is -0.315 e. The molecule has 2 N–H and O–H groups in total. The first kappa shape index (κ1) is 13.0. The van der Waals surface area contributed by atoms with E-state index in [0.717, 1.165) is 16.2 Å². The number of rotatable bonds is 4. The lowest BCUT2D eigenvalue weighted by Crippen LogP contribution is -2.42. The number of thiazole rings is 1. The molecular formula is C15H15N3OS. The number of aromatic nitrogens is 2. The number of carbonyl (C=O) groups excluding carboxylic acids is 1. The van der Waals surface area contributed by atoms with Crippen molar-refractivity contribution in [3.63, 3.8) is 0 Å². The Hall–Kier alpha value is -1.98. The van der Waals surface area contributed by atoms with Gasteiger partial charge in [0.2, 0.25) is 0 Å². The molecule has 5 heteroatoms. The highest BCUT2D eigenvalue weighted by Crippen LogP contribution is 2.21. The Labute approximate surface area is 120 Å². The second-order valence-electron chi connectivity index (χ2n) is 4.99. The van der Waals surface area contributed by atoms with Crippen LogP contribution < -0.4 is 5.73 Å². The summed E-state index contributed by atoms with van der Waals surface area (Å²) >= 11 is 1.55. The van der Waals surface area contributed by atoms with Crippen LogP contribution in [0.1, 0.15) is 18.2 Å². The lowest BCUT2D eigenvalue weighted by atomic mass is 9.87. The predicted molar refractivity (Wildman–Crippen MR) is 79.8 cm³/mol. The van der Waals surface area contributed by atoms with Crippen LogP contribution in [0.2, 0.25) is 0 Å². The van der Waals surface area contributed by atoms with E-state index in [1.54, 1.807) is 18.3 Å². The molecule has 0 saturated heterocycles. The topological polar surface area (TPSA) is 60.4 Å². The average Bonchev–Trinajstić information content (AvgIpc) is 3.00. The monoisotopic (exact) mass is 285 g/mol. The highest BCUT2D eigenvalue weighted by atomic mass is 32.1. The van der Waals surface area contributed by atoms with E-state index in [9.17, 15) is 4.79 Å². The molecule has 0 spiro atoms. The third kappa shape index (κ3) is 2.26. The molecule has 0 bridgehead atoms. The summed E-state index contributed by atoms with van der Waals surface area (Å²) in [5.74, 6) is -0.0329. The summed E-state index contributed by atoms with van der Waals surface area (Å²) in [6, 6.07) is 9.45. The molecule has 3 rings (SSSR count). The van der Waals surface area contributed by atoms with Gasteiger partial charge in [0.15, 0.2) is 10.7 Å². The van der Waals surface area contributed by atoms with Crippen LogP contribution in [-0.4, -0.2) is 15.2 Å². The van der Waals surface area contributed by atoms with Gasteiger partial charge in [0.05, 0.1) is 17.7 Å². The zero-order valence-corrected chi connectivity index (χ0v) is 11.9. The molecule has 1 unspecified atom stereocenters. The molecule has 1 atom stereocenters. The van der Waals surface area contributed by atoms with Gasteiger partial charge in [-0.3, -0.25) is 9.20 Å². The van der Waals surface area contributed by atoms with Crippen LogP contribution in [0.4, 0.5) is 0 Å². The van der Waals surface area contributed by atoms with E-state index in [-0.39, 0.29) is 12.2 Å². The van der Waals surface area contributed by atoms with Crippen LogP contribution in [0.3, 0.4) is 0 Å². The molecule has 0 saturated carbocycles. The molecule has 1 aromatic carbocycles. The first-order valence-corrected chi connectivity index (χ1v) is 7.24. The van der Waals surface area contributed by atoms with Gasteiger partial charge < -0.3 is 5.73 Å². The fourth-order valence-electron chi connectivity index (χ4n) is 2.15. The van der Waals surface area contributed by atoms with Crippen LogP contribution in [0.25, 0.3) is 4.96 Å². The van der Waals surface area contributed by atoms with Crippen LogP contribution in [0.15, 0.2) is 48.1 Å². The molecule has 0 fully saturated rings. The molecule has 20 heavy (non-hydrogen) atoms. The number of imidazole rings is 1. The lowest BCUT2D eigenvalue weighted by molar-refractivity contribution is -0.123. The number of benzene rings is 1. The number of nitrogens with two attached hydrogens (primary N) is 1. The van der Waals surface area contributed by atoms with E-state index >= 15 is 0 Å². The molecule has 0 aliphatic heterocycles. The van der Waals surface area contributed by atoms with E-state index in [1.807, 2.05) is 52.5 Å². The molecule has 0 amide bonds. The number of nitrogens with zero attached hydrogens (tertiary/aromatic N) is 2. The van der Waals surface area contributed by atoms with Gasteiger partial charge in [0.1, 0.15) is 0 Å². The normalized spacial score (nSPS) is 14.3. The average molecular weight is 285 g/mol. The van der Waals surface area contributed by atoms with Gasteiger partial charge in [-0.15, -0.1) is 11.3 Å². The van der Waals surface area contributed by atoms with E-state index in [4.69, 9.17) is 5.73 Å². The van der Waals surface area contributed by atoms with Crippen molar-refractivity contribution in [3.05, 3.63) is 59.4 Å². The molecule has 3 aromatic rings. The van der Waals surface area contributed by atoms with E-state index in [1.165, 1.54) is 0 Å². The van der Waals surface area contributed by atoms with Gasteiger partial charge in [0.25, 0.3) is 0 Å². The third-order valence-electron chi connectivity index (χ3n) is 3.44. The Morgan fingerprint density at radius 2 is 2.15 bits per heavy atom. The Kier molecular flexibility index (Phi) is 3.16. The number of carbonyl (C=O) groups is 1. The number of ketones is 1. The number of hydrogen-bond acceptors (Lipinski definition) is 4. The van der Waals surface area contributed by atoms with Gasteiger partial charge in [0, 0.05) is 17.8 Å². The summed E-state index contributed by atoms with van der Waals surface area (Å²) in [6.45, 7) is 1.75. The standard InChI is InChI=1S/C15H15N3OS/c1-15(16,11-5-3-2-4-6-11)13(19)9-12-10-18-7-8-20-14(18)17-12/h2-8,10H,9,16H2,1H3. The van der Waals surface area contributed by atoms with Crippen LogP contribution in [-0.2, 0) is 16.8 Å². The highest BCUT2D eigenvalue weighted by molar-refractivity contribution is 7.15. The first-order chi connectivity index (χ1) is 9.57. The van der Waals surface area contributed by atoms with Crippen molar-refractivity contribution in [2.75, 3.05) is 0 Å². The SMILES string of the molecule is CC(N)(C(=O)Cc1cn2ccsc2n1)c1ccccc1. The molecule has 102 valence electrons. The molecule has 2 heterocycles. The fraction of sp³-hybridized carbons (Fsp3) is 0.200. The smallest absolute Gasteiger partial charge is 0.193 e. The number of Topliss-reactive ketones (excluding diaryl/α,β-unsaturated/α-hetero) is 1. The summed E-state index contributed by atoms with van der Waals surface area (Å²) < 4.78 is 1.92. The van der Waals surface area contributed by atoms with Gasteiger partial charge in [-0.1, -0.05) is 30.3 Å². The maximum absolute atomic E-state index is 12.5. The van der Waals surface area contributed by atoms with Crippen molar-refractivity contribution in [2.45, 2.75) is 18.9 Å². The summed E-state index contributed by atoms with van der Waals surface area (Å²) in [5.41, 5.74) is 6.81. The summed E-state index contributed by atoms with van der Waals surface area (Å²) in [6.07, 6.45) is 4.06. The zero-order chi connectivity index (χ0) is 14.2. The number of fused-ring (bicyclic) bond motifs is 1. The van der Waals surface area contributed by atoms with Crippen LogP contribution in [0.5, 0.6) is 0 Å². The van der Waals surface area contributed by atoms with E-state index in [0.29, 0.717) is 0 Å². The quantitative estimate of drug-likeness (QED) is 0.800. The molecule has 0 aliphatic carbocycles. The van der Waals surface area contributed by atoms with Gasteiger partial charge in [-0.05, 0) is 12.5 Å². The fourth-order valence-corrected chi connectivity index (χ4v) is 2.87. The third-order valence-corrected chi connectivity index (χ3v) is 4.21. The maximum Gasteiger partial charge on any atom is 0.193 e. The Bertz CT molecular complexity index is 714. The van der Waals surface area contributed by atoms with E-state index < -0.39 is 5.54 Å². The van der Waals surface area contributed by atoms with Crippen molar-refractivity contribution < 1.29 is 4.79 Å². The summed E-state index contributed by atoms with van der Waals surface area (Å²) in [5, 5.41) is 1.96. The Balaban J connectivity index is 1.83. The lowest BCUT2D eigenvalue weighted by Gasteiger charge is -2.23. The molecule has 0 radical (unpaired) electrons. The van der Waals surface area contributed by atoms with E-state index in [2.05, 4.69) is 4.98 Å². The van der Waals surface area contributed by atoms with Crippen molar-refractivity contribution in [1.82, 2.24) is 9.38 Å². The second-order valence-corrected chi connectivity index (χ2v) is 5.87. The molecular weight excluding hydrogens is 270 g/mol. The Morgan fingerprint density at radius 3 is 2.85 bits per heavy atom. The second kappa shape index (κ2) is 4.85. The predicted octanol–water partition coefficient (Wildman–Crippen LogP) is 2.38. The van der Waals surface area contributed by atoms with Crippen molar-refractivity contribution >= 4 is 22.1 Å². The van der Waals surface area contributed by atoms with Crippen LogP contribution in [0, 0.1) is 0 Å². The minimum atomic E-state index is -0.988. The molecule has 2 aromatic heterocycles. The van der Waals surface area contributed by atoms with Crippen molar-refractivity contribution in [2.24, 2.45) is 5.73 Å².